The Labute approximate surface area is 167 Å². The number of aliphatic hydroxyl groups excluding tert-OH is 1. The fourth-order valence-electron chi connectivity index (χ4n) is 3.91. The number of rotatable bonds is 7. The Kier molecular flexibility index (Phi) is 6.92. The molecule has 2 aromatic rings. The number of aryl methyl sites for hydroxylation is 1. The molecule has 2 N–H and O–H groups in total. The zero-order valence-electron chi connectivity index (χ0n) is 17.1. The van der Waals surface area contributed by atoms with Crippen LogP contribution < -0.4 is 14.5 Å². The van der Waals surface area contributed by atoms with E-state index in [2.05, 4.69) is 37.8 Å². The van der Waals surface area contributed by atoms with Crippen molar-refractivity contribution >= 4 is 5.69 Å². The van der Waals surface area contributed by atoms with E-state index in [1.165, 1.54) is 28.2 Å². The van der Waals surface area contributed by atoms with Gasteiger partial charge in [0.1, 0.15) is 30.8 Å². The predicted molar refractivity (Wildman–Crippen MR) is 111 cm³/mol. The van der Waals surface area contributed by atoms with E-state index in [9.17, 15) is 9.50 Å². The van der Waals surface area contributed by atoms with Crippen LogP contribution in [-0.2, 0) is 0 Å². The predicted octanol–water partition coefficient (Wildman–Crippen LogP) is 2.40. The number of nitrogens with one attached hydrogen (secondary N) is 1. The highest BCUT2D eigenvalue weighted by atomic mass is 19.1. The smallest absolute Gasteiger partial charge is 0.137 e. The lowest BCUT2D eigenvalue weighted by Gasteiger charge is -2.34. The number of halogens is 1. The van der Waals surface area contributed by atoms with Crippen LogP contribution in [0.2, 0.25) is 0 Å². The topological polar surface area (TPSA) is 37.1 Å². The quantitative estimate of drug-likeness (QED) is 0.766. The van der Waals surface area contributed by atoms with Crippen molar-refractivity contribution in [3.8, 4) is 5.75 Å². The normalized spacial score (nSPS) is 16.4. The second-order valence-electron chi connectivity index (χ2n) is 8.06. The van der Waals surface area contributed by atoms with Gasteiger partial charge in [-0.25, -0.2) is 4.39 Å². The molecule has 1 fully saturated rings. The lowest BCUT2D eigenvalue weighted by Crippen LogP contribution is -3.16. The third-order valence-electron chi connectivity index (χ3n) is 5.49. The van der Waals surface area contributed by atoms with Crippen LogP contribution in [0.1, 0.15) is 30.9 Å². The number of nitrogens with zero attached hydrogens (tertiary/aromatic N) is 1. The summed E-state index contributed by atoms with van der Waals surface area (Å²) in [6.07, 6.45) is -0.488. The zero-order valence-corrected chi connectivity index (χ0v) is 17.1. The molecule has 0 amide bonds. The van der Waals surface area contributed by atoms with Gasteiger partial charge in [0.15, 0.2) is 0 Å². The maximum absolute atomic E-state index is 13.1. The average Bonchev–Trinajstić information content (AvgIpc) is 2.67. The molecule has 1 unspecified atom stereocenters. The van der Waals surface area contributed by atoms with E-state index < -0.39 is 6.10 Å². The minimum Gasteiger partial charge on any atom is -0.491 e. The van der Waals surface area contributed by atoms with Gasteiger partial charge >= 0.3 is 0 Å². The van der Waals surface area contributed by atoms with Crippen LogP contribution in [0.15, 0.2) is 42.5 Å². The molecule has 1 atom stereocenters. The summed E-state index contributed by atoms with van der Waals surface area (Å²) in [5, 5.41) is 10.4. The van der Waals surface area contributed by atoms with Crippen molar-refractivity contribution in [1.29, 1.82) is 0 Å². The molecule has 0 aliphatic carbocycles. The summed E-state index contributed by atoms with van der Waals surface area (Å²) < 4.78 is 18.9. The summed E-state index contributed by atoms with van der Waals surface area (Å²) in [7, 11) is 0. The molecule has 0 saturated carbocycles. The van der Waals surface area contributed by atoms with Gasteiger partial charge in [-0.05, 0) is 60.4 Å². The molecule has 0 bridgehead atoms. The van der Waals surface area contributed by atoms with Crippen molar-refractivity contribution in [2.45, 2.75) is 32.8 Å². The standard InChI is InChI=1S/C23H31FN2O2/c1-17(2)23-9-8-22(14-18(23)3)28-16-21(27)15-25-10-12-26(13-11-25)20-6-4-19(24)5-7-20/h4-9,14,17,21,27H,10-13,15-16H2,1-3H3/p+1. The first kappa shape index (κ1) is 20.6. The number of ether oxygens (including phenoxy) is 1. The van der Waals surface area contributed by atoms with Crippen LogP contribution in [-0.4, -0.2) is 50.5 Å². The fourth-order valence-corrected chi connectivity index (χ4v) is 3.91. The van der Waals surface area contributed by atoms with Gasteiger partial charge in [-0.2, -0.15) is 0 Å². The molecule has 5 heteroatoms. The summed E-state index contributed by atoms with van der Waals surface area (Å²) in [4.78, 5) is 3.64. The largest absolute Gasteiger partial charge is 0.491 e. The molecule has 3 rings (SSSR count). The first-order valence-corrected chi connectivity index (χ1v) is 10.2. The summed E-state index contributed by atoms with van der Waals surface area (Å²) in [6, 6.07) is 12.8. The maximum atomic E-state index is 13.1. The van der Waals surface area contributed by atoms with E-state index in [1.54, 1.807) is 0 Å². The van der Waals surface area contributed by atoms with Crippen molar-refractivity contribution in [2.75, 3.05) is 44.2 Å². The van der Waals surface area contributed by atoms with Gasteiger partial charge in [0.2, 0.25) is 0 Å². The summed E-state index contributed by atoms with van der Waals surface area (Å²) in [5.74, 6) is 1.11. The van der Waals surface area contributed by atoms with Gasteiger partial charge in [-0.3, -0.25) is 0 Å². The molecule has 152 valence electrons. The third-order valence-corrected chi connectivity index (χ3v) is 5.49. The van der Waals surface area contributed by atoms with Gasteiger partial charge in [-0.1, -0.05) is 19.9 Å². The molecule has 1 aliphatic rings. The molecule has 0 spiro atoms. The van der Waals surface area contributed by atoms with Crippen LogP contribution in [0, 0.1) is 12.7 Å². The molecular formula is C23H32FN2O2+. The zero-order chi connectivity index (χ0) is 20.1. The van der Waals surface area contributed by atoms with Crippen molar-refractivity contribution in [1.82, 2.24) is 0 Å². The molecule has 1 aliphatic heterocycles. The van der Waals surface area contributed by atoms with E-state index in [1.807, 2.05) is 18.2 Å². The molecule has 0 radical (unpaired) electrons. The van der Waals surface area contributed by atoms with E-state index in [0.717, 1.165) is 37.6 Å². The van der Waals surface area contributed by atoms with E-state index >= 15 is 0 Å². The number of piperazine rings is 1. The van der Waals surface area contributed by atoms with Crippen LogP contribution in [0.5, 0.6) is 5.75 Å². The fraction of sp³-hybridized carbons (Fsp3) is 0.478. The average molecular weight is 388 g/mol. The van der Waals surface area contributed by atoms with Gasteiger partial charge in [0, 0.05) is 5.69 Å². The van der Waals surface area contributed by atoms with Crippen molar-refractivity contribution in [3.05, 3.63) is 59.4 Å². The van der Waals surface area contributed by atoms with Crippen LogP contribution in [0.25, 0.3) is 0 Å². The molecule has 1 saturated heterocycles. The Balaban J connectivity index is 1.43. The van der Waals surface area contributed by atoms with E-state index in [-0.39, 0.29) is 5.82 Å². The monoisotopic (exact) mass is 387 g/mol. The minimum absolute atomic E-state index is 0.204. The van der Waals surface area contributed by atoms with Gasteiger partial charge in [0.05, 0.1) is 26.2 Å². The first-order chi connectivity index (χ1) is 13.4. The number of aliphatic hydroxyl groups is 1. The Morgan fingerprint density at radius 2 is 1.79 bits per heavy atom. The van der Waals surface area contributed by atoms with Crippen molar-refractivity contribution in [2.24, 2.45) is 0 Å². The minimum atomic E-state index is -0.488. The van der Waals surface area contributed by atoms with Gasteiger partial charge in [-0.15, -0.1) is 0 Å². The van der Waals surface area contributed by atoms with Gasteiger partial charge < -0.3 is 19.6 Å². The third kappa shape index (κ3) is 5.46. The van der Waals surface area contributed by atoms with Crippen LogP contribution >= 0.6 is 0 Å². The lowest BCUT2D eigenvalue weighted by molar-refractivity contribution is -0.903. The molecule has 1 heterocycles. The lowest BCUT2D eigenvalue weighted by atomic mass is 9.98. The SMILES string of the molecule is Cc1cc(OCC(O)C[NH+]2CCN(c3ccc(F)cc3)CC2)ccc1C(C)C. The van der Waals surface area contributed by atoms with Crippen LogP contribution in [0.4, 0.5) is 10.1 Å². The highest BCUT2D eigenvalue weighted by molar-refractivity contribution is 5.46. The maximum Gasteiger partial charge on any atom is 0.137 e. The molecule has 2 aromatic carbocycles. The first-order valence-electron chi connectivity index (χ1n) is 10.2. The number of anilines is 1. The summed E-state index contributed by atoms with van der Waals surface area (Å²) in [5.41, 5.74) is 3.62. The Morgan fingerprint density at radius 3 is 2.39 bits per heavy atom. The number of hydrogen-bond donors (Lipinski definition) is 2. The van der Waals surface area contributed by atoms with Gasteiger partial charge in [0.25, 0.3) is 0 Å². The van der Waals surface area contributed by atoms with E-state index in [0.29, 0.717) is 19.1 Å². The van der Waals surface area contributed by atoms with Crippen molar-refractivity contribution < 1.29 is 19.1 Å². The second kappa shape index (κ2) is 9.39. The Hall–Kier alpha value is -2.11. The highest BCUT2D eigenvalue weighted by Gasteiger charge is 2.23. The summed E-state index contributed by atoms with van der Waals surface area (Å²) in [6.45, 7) is 11.2. The Morgan fingerprint density at radius 1 is 1.11 bits per heavy atom. The molecule has 0 aromatic heterocycles. The number of benzene rings is 2. The van der Waals surface area contributed by atoms with E-state index in [4.69, 9.17) is 4.74 Å². The number of quaternary nitrogens is 1. The highest BCUT2D eigenvalue weighted by Crippen LogP contribution is 2.23. The molecule has 4 nitrogen and oxygen atoms in total. The summed E-state index contributed by atoms with van der Waals surface area (Å²) >= 11 is 0. The van der Waals surface area contributed by atoms with Crippen LogP contribution in [0.3, 0.4) is 0 Å². The second-order valence-corrected chi connectivity index (χ2v) is 8.06. The molecular weight excluding hydrogens is 355 g/mol. The number of hydrogen-bond acceptors (Lipinski definition) is 3. The molecule has 28 heavy (non-hydrogen) atoms. The Bertz CT molecular complexity index is 756. The van der Waals surface area contributed by atoms with Crippen molar-refractivity contribution in [3.63, 3.8) is 0 Å².